The quantitative estimate of drug-likeness (QED) is 0.309. The molecular weight excluding hydrogens is 562 g/mol. The van der Waals surface area contributed by atoms with Gasteiger partial charge >= 0.3 is 0 Å². The van der Waals surface area contributed by atoms with Crippen molar-refractivity contribution in [2.45, 2.75) is 45.1 Å². The van der Waals surface area contributed by atoms with Gasteiger partial charge in [0.1, 0.15) is 11.8 Å². The number of ether oxygens (including phenoxy) is 1. The van der Waals surface area contributed by atoms with Gasteiger partial charge in [0.2, 0.25) is 10.0 Å². The molecule has 0 aliphatic rings. The third kappa shape index (κ3) is 7.68. The zero-order chi connectivity index (χ0) is 23.9. The highest BCUT2D eigenvalue weighted by molar-refractivity contribution is 9.11. The van der Waals surface area contributed by atoms with Crippen molar-refractivity contribution >= 4 is 54.0 Å². The number of hydrazone groups is 1. The van der Waals surface area contributed by atoms with Gasteiger partial charge in [0.05, 0.1) is 26.7 Å². The van der Waals surface area contributed by atoms with Crippen LogP contribution in [0.5, 0.6) is 5.75 Å². The van der Waals surface area contributed by atoms with E-state index in [4.69, 9.17) is 4.74 Å². The fourth-order valence-electron chi connectivity index (χ4n) is 2.84. The summed E-state index contributed by atoms with van der Waals surface area (Å²) in [6.45, 7) is 8.12. The molecule has 1 amide bonds. The summed E-state index contributed by atoms with van der Waals surface area (Å²) in [6, 6.07) is 9.10. The van der Waals surface area contributed by atoms with Gasteiger partial charge in [-0.3, -0.25) is 4.79 Å². The number of amides is 1. The van der Waals surface area contributed by atoms with E-state index in [1.165, 1.54) is 18.3 Å². The van der Waals surface area contributed by atoms with Gasteiger partial charge in [-0.15, -0.1) is 0 Å². The summed E-state index contributed by atoms with van der Waals surface area (Å²) in [5.74, 6) is 0.236. The Labute approximate surface area is 206 Å². The Morgan fingerprint density at radius 2 is 1.75 bits per heavy atom. The van der Waals surface area contributed by atoms with Crippen LogP contribution in [0.3, 0.4) is 0 Å². The molecule has 0 saturated carbocycles. The van der Waals surface area contributed by atoms with E-state index >= 15 is 0 Å². The summed E-state index contributed by atoms with van der Waals surface area (Å²) in [5, 5.41) is 4.00. The summed E-state index contributed by atoms with van der Waals surface area (Å²) in [7, 11) is -3.85. The summed E-state index contributed by atoms with van der Waals surface area (Å²) in [5.41, 5.74) is 4.10. The van der Waals surface area contributed by atoms with Crippen LogP contribution in [0.1, 0.15) is 38.3 Å². The molecule has 1 atom stereocenters. The topological polar surface area (TPSA) is 96.9 Å². The number of carbonyl (C=O) groups excluding carboxylic acids is 1. The maximum atomic E-state index is 12.7. The highest BCUT2D eigenvalue weighted by Crippen LogP contribution is 2.34. The fraction of sp³-hybridized carbons (Fsp3) is 0.364. The molecule has 0 bridgehead atoms. The molecule has 0 aliphatic heterocycles. The lowest BCUT2D eigenvalue weighted by Gasteiger charge is -2.19. The van der Waals surface area contributed by atoms with Crippen molar-refractivity contribution in [3.8, 4) is 5.75 Å². The molecule has 2 aromatic rings. The van der Waals surface area contributed by atoms with Gasteiger partial charge < -0.3 is 4.74 Å². The number of rotatable bonds is 10. The molecule has 0 heterocycles. The van der Waals surface area contributed by atoms with Gasteiger partial charge in [0.15, 0.2) is 0 Å². The van der Waals surface area contributed by atoms with E-state index in [1.807, 2.05) is 27.7 Å². The van der Waals surface area contributed by atoms with Crippen molar-refractivity contribution in [2.75, 3.05) is 6.61 Å². The Morgan fingerprint density at radius 1 is 1.16 bits per heavy atom. The molecule has 2 rings (SSSR count). The van der Waals surface area contributed by atoms with Gasteiger partial charge in [-0.2, -0.15) is 9.82 Å². The average molecular weight is 589 g/mol. The predicted octanol–water partition coefficient (Wildman–Crippen LogP) is 4.76. The van der Waals surface area contributed by atoms with E-state index in [9.17, 15) is 13.2 Å². The van der Waals surface area contributed by atoms with Crippen LogP contribution in [0.25, 0.3) is 0 Å². The summed E-state index contributed by atoms with van der Waals surface area (Å²) in [4.78, 5) is 12.8. The monoisotopic (exact) mass is 587 g/mol. The first kappa shape index (κ1) is 26.5. The predicted molar refractivity (Wildman–Crippen MR) is 133 cm³/mol. The molecule has 174 valence electrons. The van der Waals surface area contributed by atoms with Crippen molar-refractivity contribution in [3.05, 3.63) is 56.5 Å². The third-order valence-electron chi connectivity index (χ3n) is 4.35. The van der Waals surface area contributed by atoms with Crippen LogP contribution in [-0.2, 0) is 14.8 Å². The highest BCUT2D eigenvalue weighted by atomic mass is 79.9. The molecule has 0 saturated heterocycles. The summed E-state index contributed by atoms with van der Waals surface area (Å²) >= 11 is 6.90. The van der Waals surface area contributed by atoms with Crippen LogP contribution in [0.2, 0.25) is 0 Å². The Morgan fingerprint density at radius 3 is 2.28 bits per heavy atom. The lowest BCUT2D eigenvalue weighted by atomic mass is 10.0. The minimum Gasteiger partial charge on any atom is -0.492 e. The third-order valence-corrected chi connectivity index (χ3v) is 7.02. The molecule has 0 spiro atoms. The van der Waals surface area contributed by atoms with Crippen molar-refractivity contribution in [1.82, 2.24) is 10.1 Å². The van der Waals surface area contributed by atoms with Gasteiger partial charge in [-0.25, -0.2) is 13.8 Å². The number of benzene rings is 2. The van der Waals surface area contributed by atoms with Gasteiger partial charge in [-0.05, 0) is 87.9 Å². The number of aryl methyl sites for hydroxylation is 1. The maximum Gasteiger partial charge on any atom is 0.258 e. The standard InChI is InChI=1S/C22H27Br2N3O4S/c1-5-31-21-18(23)11-16(12-19(21)24)13-25-26-22(28)20(10-14(2)3)27-32(29,30)17-8-6-15(4)7-9-17/h6-9,11-14,20,27H,5,10H2,1-4H3,(H,26,28)/b25-13-/t20-/m0/s1. The van der Waals surface area contributed by atoms with Crippen molar-refractivity contribution in [3.63, 3.8) is 0 Å². The summed E-state index contributed by atoms with van der Waals surface area (Å²) in [6.07, 6.45) is 1.80. The summed E-state index contributed by atoms with van der Waals surface area (Å²) < 4.78 is 35.0. The number of nitrogens with one attached hydrogen (secondary N) is 2. The van der Waals surface area contributed by atoms with Gasteiger partial charge in [0, 0.05) is 0 Å². The second kappa shape index (κ2) is 11.9. The Kier molecular flexibility index (Phi) is 9.87. The van der Waals surface area contributed by atoms with Gasteiger partial charge in [0.25, 0.3) is 5.91 Å². The van der Waals surface area contributed by atoms with Crippen LogP contribution in [-0.4, -0.2) is 33.2 Å². The van der Waals surface area contributed by atoms with E-state index in [0.717, 1.165) is 14.5 Å². The lowest BCUT2D eigenvalue weighted by Crippen LogP contribution is -2.46. The second-order valence-corrected chi connectivity index (χ2v) is 11.0. The van der Waals surface area contributed by atoms with E-state index in [-0.39, 0.29) is 10.8 Å². The van der Waals surface area contributed by atoms with E-state index in [1.54, 1.807) is 24.3 Å². The molecule has 10 heteroatoms. The maximum absolute atomic E-state index is 12.7. The molecule has 32 heavy (non-hydrogen) atoms. The molecule has 0 aromatic heterocycles. The lowest BCUT2D eigenvalue weighted by molar-refractivity contribution is -0.123. The van der Waals surface area contributed by atoms with Crippen LogP contribution < -0.4 is 14.9 Å². The first-order chi connectivity index (χ1) is 15.0. The van der Waals surface area contributed by atoms with Crippen molar-refractivity contribution < 1.29 is 17.9 Å². The normalized spacial score (nSPS) is 12.8. The number of carbonyl (C=O) groups is 1. The van der Waals surface area contributed by atoms with Crippen LogP contribution >= 0.6 is 31.9 Å². The largest absolute Gasteiger partial charge is 0.492 e. The van der Waals surface area contributed by atoms with Crippen molar-refractivity contribution in [1.29, 1.82) is 0 Å². The first-order valence-electron chi connectivity index (χ1n) is 10.1. The molecular formula is C22H27Br2N3O4S. The first-order valence-corrected chi connectivity index (χ1v) is 13.1. The highest BCUT2D eigenvalue weighted by Gasteiger charge is 2.26. The molecule has 2 aromatic carbocycles. The van der Waals surface area contributed by atoms with Crippen LogP contribution in [0, 0.1) is 12.8 Å². The minimum atomic E-state index is -3.85. The van der Waals surface area contributed by atoms with Crippen LogP contribution in [0.4, 0.5) is 0 Å². The number of nitrogens with zero attached hydrogens (tertiary/aromatic N) is 1. The smallest absolute Gasteiger partial charge is 0.258 e. The number of hydrogen-bond donors (Lipinski definition) is 2. The molecule has 0 fully saturated rings. The second-order valence-electron chi connectivity index (χ2n) is 7.60. The zero-order valence-electron chi connectivity index (χ0n) is 18.4. The minimum absolute atomic E-state index is 0.0912. The molecule has 2 N–H and O–H groups in total. The van der Waals surface area contributed by atoms with Crippen LogP contribution in [0.15, 0.2) is 55.3 Å². The molecule has 0 radical (unpaired) electrons. The number of sulfonamides is 1. The Hall–Kier alpha value is -1.75. The fourth-order valence-corrected chi connectivity index (χ4v) is 5.50. The molecule has 0 unspecified atom stereocenters. The SMILES string of the molecule is CCOc1c(Br)cc(/C=N\NC(=O)[C@H](CC(C)C)NS(=O)(=O)c2ccc(C)cc2)cc1Br. The van der Waals surface area contributed by atoms with E-state index in [0.29, 0.717) is 24.3 Å². The number of halogens is 2. The zero-order valence-corrected chi connectivity index (χ0v) is 22.3. The average Bonchev–Trinajstić information content (AvgIpc) is 2.70. The molecule has 7 nitrogen and oxygen atoms in total. The molecule has 0 aliphatic carbocycles. The van der Waals surface area contributed by atoms with E-state index in [2.05, 4.69) is 47.1 Å². The Bertz CT molecular complexity index is 1050. The van der Waals surface area contributed by atoms with Crippen molar-refractivity contribution in [2.24, 2.45) is 11.0 Å². The van der Waals surface area contributed by atoms with E-state index < -0.39 is 22.0 Å². The van der Waals surface area contributed by atoms with Gasteiger partial charge in [-0.1, -0.05) is 31.5 Å². The number of hydrogen-bond acceptors (Lipinski definition) is 5. The Balaban J connectivity index is 2.13.